The van der Waals surface area contributed by atoms with Crippen LogP contribution in [-0.2, 0) is 16.6 Å². The Labute approximate surface area is 144 Å². The number of nitrogens with one attached hydrogen (secondary N) is 1. The number of ether oxygens (including phenoxy) is 1. The molecule has 0 bridgehead atoms. The van der Waals surface area contributed by atoms with E-state index in [1.54, 1.807) is 30.3 Å². The van der Waals surface area contributed by atoms with Crippen molar-refractivity contribution in [2.24, 2.45) is 0 Å². The van der Waals surface area contributed by atoms with E-state index in [1.807, 2.05) is 19.2 Å². The lowest BCUT2D eigenvalue weighted by atomic mass is 10.1. The van der Waals surface area contributed by atoms with Gasteiger partial charge in [-0.05, 0) is 43.4 Å². The van der Waals surface area contributed by atoms with Gasteiger partial charge in [-0.1, -0.05) is 22.0 Å². The number of nitrogens with zero attached hydrogens (tertiary/aromatic N) is 1. The quantitative estimate of drug-likeness (QED) is 0.865. The molecule has 0 spiro atoms. The van der Waals surface area contributed by atoms with Gasteiger partial charge in [-0.3, -0.25) is 9.62 Å². The molecule has 0 atom stereocenters. The predicted molar refractivity (Wildman–Crippen MR) is 93.2 cm³/mol. The Morgan fingerprint density at radius 1 is 1.22 bits per heavy atom. The Balaban J connectivity index is 1.88. The Morgan fingerprint density at radius 2 is 2.04 bits per heavy atom. The summed E-state index contributed by atoms with van der Waals surface area (Å²) in [5.41, 5.74) is 1.50. The zero-order chi connectivity index (χ0) is 16.4. The maximum Gasteiger partial charge on any atom is 0.261 e. The fourth-order valence-electron chi connectivity index (χ4n) is 2.44. The first-order valence-electron chi connectivity index (χ1n) is 7.17. The summed E-state index contributed by atoms with van der Waals surface area (Å²) in [4.78, 5) is 2.36. The highest BCUT2D eigenvalue weighted by Gasteiger charge is 2.17. The van der Waals surface area contributed by atoms with Gasteiger partial charge in [0.25, 0.3) is 10.0 Å². The third-order valence-electron chi connectivity index (χ3n) is 3.59. The maximum absolute atomic E-state index is 12.5. The number of fused-ring (bicyclic) bond motifs is 1. The van der Waals surface area contributed by atoms with Crippen molar-refractivity contribution in [1.82, 2.24) is 4.90 Å². The second-order valence-corrected chi connectivity index (χ2v) is 8.07. The fraction of sp³-hybridized carbons (Fsp3) is 0.250. The topological polar surface area (TPSA) is 58.6 Å². The highest BCUT2D eigenvalue weighted by Crippen LogP contribution is 2.27. The summed E-state index contributed by atoms with van der Waals surface area (Å²) < 4.78 is 34.0. The summed E-state index contributed by atoms with van der Waals surface area (Å²) in [7, 11) is -1.61. The molecule has 1 aliphatic heterocycles. The van der Waals surface area contributed by atoms with E-state index in [-0.39, 0.29) is 4.90 Å². The monoisotopic (exact) mass is 396 g/mol. The minimum absolute atomic E-state index is 0.218. The number of hydrogen-bond acceptors (Lipinski definition) is 4. The van der Waals surface area contributed by atoms with E-state index in [0.717, 1.165) is 28.9 Å². The molecule has 0 unspecified atom stereocenters. The van der Waals surface area contributed by atoms with Gasteiger partial charge >= 0.3 is 0 Å². The lowest BCUT2D eigenvalue weighted by Crippen LogP contribution is -2.20. The Bertz CT molecular complexity index is 824. The lowest BCUT2D eigenvalue weighted by molar-refractivity contribution is 0.259. The Hall–Kier alpha value is -1.57. The van der Waals surface area contributed by atoms with Crippen molar-refractivity contribution in [2.45, 2.75) is 11.4 Å². The Morgan fingerprint density at radius 3 is 2.83 bits per heavy atom. The average Bonchev–Trinajstić information content (AvgIpc) is 2.67. The molecule has 7 heteroatoms. The van der Waals surface area contributed by atoms with Crippen molar-refractivity contribution >= 4 is 31.6 Å². The molecule has 122 valence electrons. The smallest absolute Gasteiger partial charge is 0.261 e. The van der Waals surface area contributed by atoms with Crippen LogP contribution < -0.4 is 9.46 Å². The second-order valence-electron chi connectivity index (χ2n) is 5.47. The minimum Gasteiger partial charge on any atom is -0.492 e. The molecule has 0 amide bonds. The average molecular weight is 397 g/mol. The van der Waals surface area contributed by atoms with Gasteiger partial charge in [0, 0.05) is 28.8 Å². The normalized spacial score (nSPS) is 15.4. The number of benzene rings is 2. The van der Waals surface area contributed by atoms with E-state index in [2.05, 4.69) is 25.6 Å². The van der Waals surface area contributed by atoms with Crippen LogP contribution in [0.25, 0.3) is 0 Å². The van der Waals surface area contributed by atoms with E-state index >= 15 is 0 Å². The van der Waals surface area contributed by atoms with Crippen molar-refractivity contribution in [3.63, 3.8) is 0 Å². The van der Waals surface area contributed by atoms with Gasteiger partial charge in [-0.2, -0.15) is 0 Å². The molecule has 23 heavy (non-hydrogen) atoms. The first-order valence-corrected chi connectivity index (χ1v) is 9.44. The van der Waals surface area contributed by atoms with Gasteiger partial charge in [-0.25, -0.2) is 8.42 Å². The molecular formula is C16H17BrN2O3S. The summed E-state index contributed by atoms with van der Waals surface area (Å²) >= 11 is 3.29. The van der Waals surface area contributed by atoms with E-state index in [9.17, 15) is 8.42 Å². The zero-order valence-electron chi connectivity index (χ0n) is 12.6. The van der Waals surface area contributed by atoms with Gasteiger partial charge in [0.05, 0.1) is 4.90 Å². The number of anilines is 1. The van der Waals surface area contributed by atoms with E-state index in [0.29, 0.717) is 12.3 Å². The van der Waals surface area contributed by atoms with Crippen molar-refractivity contribution in [3.8, 4) is 5.75 Å². The highest BCUT2D eigenvalue weighted by atomic mass is 79.9. The number of halogens is 1. The summed E-state index contributed by atoms with van der Waals surface area (Å²) in [5, 5.41) is 0. The van der Waals surface area contributed by atoms with Crippen LogP contribution in [0.5, 0.6) is 5.75 Å². The van der Waals surface area contributed by atoms with E-state index in [4.69, 9.17) is 4.74 Å². The van der Waals surface area contributed by atoms with Gasteiger partial charge < -0.3 is 4.74 Å². The molecular weight excluding hydrogens is 380 g/mol. The van der Waals surface area contributed by atoms with Crippen LogP contribution >= 0.6 is 15.9 Å². The van der Waals surface area contributed by atoms with Crippen LogP contribution in [-0.4, -0.2) is 33.5 Å². The highest BCUT2D eigenvalue weighted by molar-refractivity contribution is 9.10. The van der Waals surface area contributed by atoms with Crippen molar-refractivity contribution < 1.29 is 13.2 Å². The molecule has 0 radical (unpaired) electrons. The van der Waals surface area contributed by atoms with Crippen molar-refractivity contribution in [3.05, 3.63) is 52.5 Å². The standard InChI is InChI=1S/C16H17BrN2O3S/c1-19-7-8-22-16-6-5-14(9-12(16)11-19)18-23(20,21)15-4-2-3-13(17)10-15/h2-6,9-10,18H,7-8,11H2,1H3. The SMILES string of the molecule is CN1CCOc2ccc(NS(=O)(=O)c3cccc(Br)c3)cc2C1. The van der Waals surface area contributed by atoms with Gasteiger partial charge in [0.1, 0.15) is 12.4 Å². The predicted octanol–water partition coefficient (Wildman–Crippen LogP) is 3.07. The van der Waals surface area contributed by atoms with Crippen LogP contribution in [0.15, 0.2) is 51.8 Å². The number of rotatable bonds is 3. The molecule has 0 saturated carbocycles. The van der Waals surface area contributed by atoms with Crippen LogP contribution in [0, 0.1) is 0 Å². The fourth-order valence-corrected chi connectivity index (χ4v) is 4.08. The van der Waals surface area contributed by atoms with Gasteiger partial charge in [0.2, 0.25) is 0 Å². The van der Waals surface area contributed by atoms with Crippen LogP contribution in [0.1, 0.15) is 5.56 Å². The minimum atomic E-state index is -3.62. The molecule has 5 nitrogen and oxygen atoms in total. The Kier molecular flexibility index (Phi) is 4.61. The summed E-state index contributed by atoms with van der Waals surface area (Å²) in [5.74, 6) is 0.805. The number of likely N-dealkylation sites (N-methyl/N-ethyl adjacent to an activating group) is 1. The molecule has 3 rings (SSSR count). The molecule has 0 fully saturated rings. The van der Waals surface area contributed by atoms with Crippen LogP contribution in [0.4, 0.5) is 5.69 Å². The van der Waals surface area contributed by atoms with Crippen LogP contribution in [0.2, 0.25) is 0 Å². The van der Waals surface area contributed by atoms with Crippen LogP contribution in [0.3, 0.4) is 0 Å². The van der Waals surface area contributed by atoms with Gasteiger partial charge in [0.15, 0.2) is 0 Å². The molecule has 0 aromatic heterocycles. The molecule has 1 aliphatic rings. The van der Waals surface area contributed by atoms with Crippen molar-refractivity contribution in [1.29, 1.82) is 0 Å². The second kappa shape index (κ2) is 6.51. The maximum atomic E-state index is 12.5. The molecule has 2 aromatic rings. The molecule has 0 saturated heterocycles. The molecule has 0 aliphatic carbocycles. The van der Waals surface area contributed by atoms with Gasteiger partial charge in [-0.15, -0.1) is 0 Å². The largest absolute Gasteiger partial charge is 0.492 e. The number of hydrogen-bond donors (Lipinski definition) is 1. The van der Waals surface area contributed by atoms with E-state index in [1.165, 1.54) is 0 Å². The summed E-state index contributed by atoms with van der Waals surface area (Å²) in [6.45, 7) is 2.20. The first-order chi connectivity index (χ1) is 10.9. The molecule has 1 heterocycles. The summed E-state index contributed by atoms with van der Waals surface area (Å²) in [6.07, 6.45) is 0. The molecule has 1 N–H and O–H groups in total. The zero-order valence-corrected chi connectivity index (χ0v) is 15.0. The van der Waals surface area contributed by atoms with Crippen molar-refractivity contribution in [2.75, 3.05) is 24.9 Å². The third-order valence-corrected chi connectivity index (χ3v) is 5.46. The lowest BCUT2D eigenvalue weighted by Gasteiger charge is -2.13. The third kappa shape index (κ3) is 3.85. The van der Waals surface area contributed by atoms with E-state index < -0.39 is 10.0 Å². The number of sulfonamides is 1. The first kappa shape index (κ1) is 16.3. The summed E-state index contributed by atoms with van der Waals surface area (Å²) in [6, 6.07) is 12.0. The molecule has 2 aromatic carbocycles.